The SMILES string of the molecule is CC1(C)CN(c2ncc(C#N)cc2[N+](=O)[O-])CCC1N. The maximum atomic E-state index is 11.2. The van der Waals surface area contributed by atoms with Crippen LogP contribution in [0.5, 0.6) is 0 Å². The standard InChI is InChI=1S/C13H17N5O2/c1-13(2)8-17(4-3-11(13)15)12-10(18(19)20)5-9(6-14)7-16-12/h5,7,11H,3-4,8,15H2,1-2H3. The zero-order chi connectivity index (χ0) is 14.9. The molecule has 1 aliphatic heterocycles. The summed E-state index contributed by atoms with van der Waals surface area (Å²) in [5.41, 5.74) is 5.99. The third-order valence-electron chi connectivity index (χ3n) is 3.78. The van der Waals surface area contributed by atoms with E-state index in [4.69, 9.17) is 11.0 Å². The summed E-state index contributed by atoms with van der Waals surface area (Å²) in [7, 11) is 0. The number of nitrogens with two attached hydrogens (primary N) is 1. The van der Waals surface area contributed by atoms with E-state index < -0.39 is 4.92 Å². The van der Waals surface area contributed by atoms with Crippen LogP contribution in [0.3, 0.4) is 0 Å². The van der Waals surface area contributed by atoms with Crippen molar-refractivity contribution in [2.24, 2.45) is 11.1 Å². The quantitative estimate of drug-likeness (QED) is 0.645. The molecule has 106 valence electrons. The minimum Gasteiger partial charge on any atom is -0.350 e. The van der Waals surface area contributed by atoms with Crippen LogP contribution in [-0.4, -0.2) is 29.0 Å². The summed E-state index contributed by atoms with van der Waals surface area (Å²) in [5, 5.41) is 20.0. The van der Waals surface area contributed by atoms with E-state index in [-0.39, 0.29) is 22.7 Å². The van der Waals surface area contributed by atoms with Crippen molar-refractivity contribution in [1.29, 1.82) is 5.26 Å². The number of aromatic nitrogens is 1. The van der Waals surface area contributed by atoms with Gasteiger partial charge in [-0.2, -0.15) is 5.26 Å². The topological polar surface area (TPSA) is 109 Å². The lowest BCUT2D eigenvalue weighted by Gasteiger charge is -2.42. The van der Waals surface area contributed by atoms with Crippen molar-refractivity contribution in [3.05, 3.63) is 27.9 Å². The van der Waals surface area contributed by atoms with Crippen molar-refractivity contribution in [1.82, 2.24) is 4.98 Å². The maximum Gasteiger partial charge on any atom is 0.312 e. The Hall–Kier alpha value is -2.20. The number of anilines is 1. The Morgan fingerprint density at radius 3 is 2.90 bits per heavy atom. The molecule has 2 heterocycles. The summed E-state index contributed by atoms with van der Waals surface area (Å²) in [5.74, 6) is 0.314. The smallest absolute Gasteiger partial charge is 0.312 e. The molecule has 1 saturated heterocycles. The molecule has 1 atom stereocenters. The van der Waals surface area contributed by atoms with Gasteiger partial charge in [-0.1, -0.05) is 13.8 Å². The Morgan fingerprint density at radius 2 is 2.35 bits per heavy atom. The number of hydrogen-bond acceptors (Lipinski definition) is 6. The van der Waals surface area contributed by atoms with Crippen LogP contribution in [0.4, 0.5) is 11.5 Å². The number of piperidine rings is 1. The molecule has 1 unspecified atom stereocenters. The van der Waals surface area contributed by atoms with Crippen LogP contribution in [0, 0.1) is 26.9 Å². The van der Waals surface area contributed by atoms with Gasteiger partial charge in [0.1, 0.15) is 6.07 Å². The molecule has 0 saturated carbocycles. The van der Waals surface area contributed by atoms with E-state index >= 15 is 0 Å². The largest absolute Gasteiger partial charge is 0.350 e. The fraction of sp³-hybridized carbons (Fsp3) is 0.538. The number of hydrogen-bond donors (Lipinski definition) is 1. The highest BCUT2D eigenvalue weighted by atomic mass is 16.6. The first-order valence-electron chi connectivity index (χ1n) is 6.40. The second-order valence-electron chi connectivity index (χ2n) is 5.74. The normalized spacial score (nSPS) is 21.3. The van der Waals surface area contributed by atoms with Gasteiger partial charge in [-0.05, 0) is 11.8 Å². The summed E-state index contributed by atoms with van der Waals surface area (Å²) in [4.78, 5) is 16.7. The van der Waals surface area contributed by atoms with Gasteiger partial charge >= 0.3 is 5.69 Å². The summed E-state index contributed by atoms with van der Waals surface area (Å²) in [6.07, 6.45) is 2.12. The third kappa shape index (κ3) is 2.56. The third-order valence-corrected chi connectivity index (χ3v) is 3.78. The van der Waals surface area contributed by atoms with E-state index in [9.17, 15) is 10.1 Å². The molecule has 0 aliphatic carbocycles. The van der Waals surface area contributed by atoms with Gasteiger partial charge < -0.3 is 10.6 Å². The van der Waals surface area contributed by atoms with Gasteiger partial charge in [0, 0.05) is 31.4 Å². The van der Waals surface area contributed by atoms with Gasteiger partial charge in [0.25, 0.3) is 0 Å². The van der Waals surface area contributed by atoms with E-state index in [1.165, 1.54) is 12.3 Å². The van der Waals surface area contributed by atoms with E-state index in [1.807, 2.05) is 24.8 Å². The highest BCUT2D eigenvalue weighted by Crippen LogP contribution is 2.34. The lowest BCUT2D eigenvalue weighted by atomic mass is 9.79. The lowest BCUT2D eigenvalue weighted by Crippen LogP contribution is -2.52. The van der Waals surface area contributed by atoms with Crippen LogP contribution in [0.1, 0.15) is 25.8 Å². The molecule has 2 N–H and O–H groups in total. The Balaban J connectivity index is 2.38. The minimum absolute atomic E-state index is 0.0659. The Morgan fingerprint density at radius 1 is 1.65 bits per heavy atom. The molecule has 0 aromatic carbocycles. The monoisotopic (exact) mass is 275 g/mol. The van der Waals surface area contributed by atoms with Gasteiger partial charge in [-0.3, -0.25) is 10.1 Å². The molecule has 1 aliphatic rings. The maximum absolute atomic E-state index is 11.2. The number of nitro groups is 1. The molecule has 1 aromatic heterocycles. The Kier molecular flexibility index (Phi) is 3.59. The molecule has 20 heavy (non-hydrogen) atoms. The first kappa shape index (κ1) is 14.2. The van der Waals surface area contributed by atoms with Crippen molar-refractivity contribution in [3.8, 4) is 6.07 Å². The number of nitrogens with zero attached hydrogens (tertiary/aromatic N) is 4. The molecular formula is C13H17N5O2. The minimum atomic E-state index is -0.495. The highest BCUT2D eigenvalue weighted by Gasteiger charge is 2.36. The summed E-state index contributed by atoms with van der Waals surface area (Å²) in [6.45, 7) is 5.32. The predicted molar refractivity (Wildman–Crippen MR) is 74.2 cm³/mol. The molecule has 7 nitrogen and oxygen atoms in total. The van der Waals surface area contributed by atoms with Crippen molar-refractivity contribution in [2.45, 2.75) is 26.3 Å². The summed E-state index contributed by atoms with van der Waals surface area (Å²) in [6, 6.07) is 3.20. The first-order valence-corrected chi connectivity index (χ1v) is 6.40. The zero-order valence-corrected chi connectivity index (χ0v) is 11.5. The van der Waals surface area contributed by atoms with Crippen LogP contribution in [-0.2, 0) is 0 Å². The van der Waals surface area contributed by atoms with Gasteiger partial charge in [-0.25, -0.2) is 4.98 Å². The van der Waals surface area contributed by atoms with Crippen molar-refractivity contribution >= 4 is 11.5 Å². The first-order chi connectivity index (χ1) is 9.35. The van der Waals surface area contributed by atoms with Crippen LogP contribution >= 0.6 is 0 Å². The number of nitriles is 1. The molecule has 2 rings (SSSR count). The Labute approximate surface area is 117 Å². The van der Waals surface area contributed by atoms with Gasteiger partial charge in [-0.15, -0.1) is 0 Å². The molecule has 1 aromatic rings. The molecule has 7 heteroatoms. The van der Waals surface area contributed by atoms with Crippen LogP contribution in [0.15, 0.2) is 12.3 Å². The average molecular weight is 275 g/mol. The molecule has 0 bridgehead atoms. The molecule has 0 amide bonds. The van der Waals surface area contributed by atoms with E-state index in [0.717, 1.165) is 6.42 Å². The van der Waals surface area contributed by atoms with Crippen molar-refractivity contribution < 1.29 is 4.92 Å². The number of rotatable bonds is 2. The Bertz CT molecular complexity index is 579. The second-order valence-corrected chi connectivity index (χ2v) is 5.74. The molecule has 0 radical (unpaired) electrons. The predicted octanol–water partition coefficient (Wildman–Crippen LogP) is 1.43. The molecule has 0 spiro atoms. The van der Waals surface area contributed by atoms with Crippen LogP contribution < -0.4 is 10.6 Å². The summed E-state index contributed by atoms with van der Waals surface area (Å²) < 4.78 is 0. The van der Waals surface area contributed by atoms with E-state index in [0.29, 0.717) is 18.9 Å². The van der Waals surface area contributed by atoms with Crippen LogP contribution in [0.2, 0.25) is 0 Å². The van der Waals surface area contributed by atoms with Crippen molar-refractivity contribution in [2.75, 3.05) is 18.0 Å². The van der Waals surface area contributed by atoms with E-state index in [2.05, 4.69) is 4.98 Å². The van der Waals surface area contributed by atoms with E-state index in [1.54, 1.807) is 0 Å². The summed E-state index contributed by atoms with van der Waals surface area (Å²) >= 11 is 0. The number of pyridine rings is 1. The molecular weight excluding hydrogens is 258 g/mol. The fourth-order valence-corrected chi connectivity index (χ4v) is 2.44. The highest BCUT2D eigenvalue weighted by molar-refractivity contribution is 5.60. The average Bonchev–Trinajstić information content (AvgIpc) is 2.41. The second kappa shape index (κ2) is 5.06. The van der Waals surface area contributed by atoms with Gasteiger partial charge in [0.05, 0.1) is 10.5 Å². The lowest BCUT2D eigenvalue weighted by molar-refractivity contribution is -0.384. The van der Waals surface area contributed by atoms with Gasteiger partial charge in [0.15, 0.2) is 0 Å². The van der Waals surface area contributed by atoms with Gasteiger partial charge in [0.2, 0.25) is 5.82 Å². The van der Waals surface area contributed by atoms with Crippen LogP contribution in [0.25, 0.3) is 0 Å². The van der Waals surface area contributed by atoms with Crippen molar-refractivity contribution in [3.63, 3.8) is 0 Å². The fourth-order valence-electron chi connectivity index (χ4n) is 2.44. The molecule has 1 fully saturated rings. The zero-order valence-electron chi connectivity index (χ0n) is 11.5.